The molecule has 0 fully saturated rings. The SMILES string of the molecule is CCOC(OCC)C(NC(=O)Cc1ccccc1)C(=O)O. The van der Waals surface area contributed by atoms with Gasteiger partial charge in [0.2, 0.25) is 5.91 Å². The maximum Gasteiger partial charge on any atom is 0.331 e. The van der Waals surface area contributed by atoms with Gasteiger partial charge in [0, 0.05) is 13.2 Å². The average molecular weight is 295 g/mol. The normalized spacial score (nSPS) is 12.1. The van der Waals surface area contributed by atoms with E-state index in [1.165, 1.54) is 0 Å². The number of rotatable bonds is 9. The van der Waals surface area contributed by atoms with Gasteiger partial charge >= 0.3 is 5.97 Å². The highest BCUT2D eigenvalue weighted by molar-refractivity contribution is 5.85. The smallest absolute Gasteiger partial charge is 0.331 e. The molecule has 1 unspecified atom stereocenters. The Morgan fingerprint density at radius 1 is 1.14 bits per heavy atom. The molecule has 0 aromatic heterocycles. The van der Waals surface area contributed by atoms with Gasteiger partial charge in [-0.15, -0.1) is 0 Å². The third kappa shape index (κ3) is 5.93. The maximum atomic E-state index is 12.0. The van der Waals surface area contributed by atoms with Gasteiger partial charge < -0.3 is 19.9 Å². The summed E-state index contributed by atoms with van der Waals surface area (Å²) in [5, 5.41) is 11.7. The molecule has 1 aromatic carbocycles. The number of carbonyl (C=O) groups is 2. The number of benzene rings is 1. The summed E-state index contributed by atoms with van der Waals surface area (Å²) in [7, 11) is 0. The molecule has 0 heterocycles. The van der Waals surface area contributed by atoms with E-state index in [0.717, 1.165) is 5.56 Å². The van der Waals surface area contributed by atoms with Crippen LogP contribution in [0.1, 0.15) is 19.4 Å². The quantitative estimate of drug-likeness (QED) is 0.669. The van der Waals surface area contributed by atoms with Gasteiger partial charge in [0.1, 0.15) is 0 Å². The molecule has 0 saturated heterocycles. The first-order valence-corrected chi connectivity index (χ1v) is 6.87. The summed E-state index contributed by atoms with van der Waals surface area (Å²) in [5.41, 5.74) is 0.809. The van der Waals surface area contributed by atoms with Crippen molar-refractivity contribution in [3.05, 3.63) is 35.9 Å². The number of aliphatic carboxylic acids is 1. The number of carbonyl (C=O) groups excluding carboxylic acids is 1. The molecule has 0 spiro atoms. The molecular formula is C15H21NO5. The van der Waals surface area contributed by atoms with Crippen molar-refractivity contribution in [3.63, 3.8) is 0 Å². The number of carboxylic acid groups (broad SMARTS) is 1. The molecule has 21 heavy (non-hydrogen) atoms. The lowest BCUT2D eigenvalue weighted by molar-refractivity contribution is -0.176. The van der Waals surface area contributed by atoms with E-state index in [0.29, 0.717) is 13.2 Å². The van der Waals surface area contributed by atoms with E-state index in [-0.39, 0.29) is 6.42 Å². The zero-order valence-electron chi connectivity index (χ0n) is 12.2. The number of hydrogen-bond donors (Lipinski definition) is 2. The molecule has 0 saturated carbocycles. The third-order valence-corrected chi connectivity index (χ3v) is 2.72. The second-order valence-corrected chi connectivity index (χ2v) is 4.32. The van der Waals surface area contributed by atoms with Crippen molar-refractivity contribution in [1.82, 2.24) is 5.32 Å². The Morgan fingerprint density at radius 2 is 1.71 bits per heavy atom. The largest absolute Gasteiger partial charge is 0.480 e. The van der Waals surface area contributed by atoms with E-state index in [1.54, 1.807) is 26.0 Å². The minimum atomic E-state index is -1.24. The highest BCUT2D eigenvalue weighted by atomic mass is 16.7. The minimum absolute atomic E-state index is 0.107. The van der Waals surface area contributed by atoms with Crippen LogP contribution < -0.4 is 5.32 Å². The van der Waals surface area contributed by atoms with E-state index in [1.807, 2.05) is 18.2 Å². The Balaban J connectivity index is 2.68. The number of nitrogens with one attached hydrogen (secondary N) is 1. The van der Waals surface area contributed by atoms with E-state index in [2.05, 4.69) is 5.32 Å². The van der Waals surface area contributed by atoms with Crippen LogP contribution in [-0.2, 0) is 25.5 Å². The van der Waals surface area contributed by atoms with Gasteiger partial charge in [0.15, 0.2) is 12.3 Å². The molecule has 6 heteroatoms. The van der Waals surface area contributed by atoms with Gasteiger partial charge in [-0.05, 0) is 19.4 Å². The fourth-order valence-electron chi connectivity index (χ4n) is 1.82. The summed E-state index contributed by atoms with van der Waals surface area (Å²) in [6.45, 7) is 4.06. The first-order chi connectivity index (χ1) is 10.1. The number of ether oxygens (including phenoxy) is 2. The fraction of sp³-hybridized carbons (Fsp3) is 0.467. The van der Waals surface area contributed by atoms with Crippen LogP contribution in [0.4, 0.5) is 0 Å². The summed E-state index contributed by atoms with van der Waals surface area (Å²) >= 11 is 0. The van der Waals surface area contributed by atoms with Crippen LogP contribution in [0, 0.1) is 0 Å². The third-order valence-electron chi connectivity index (χ3n) is 2.72. The number of amides is 1. The molecule has 6 nitrogen and oxygen atoms in total. The van der Waals surface area contributed by atoms with Crippen LogP contribution in [0.25, 0.3) is 0 Å². The summed E-state index contributed by atoms with van der Waals surface area (Å²) < 4.78 is 10.5. The summed E-state index contributed by atoms with van der Waals surface area (Å²) in [4.78, 5) is 23.3. The van der Waals surface area contributed by atoms with Crippen molar-refractivity contribution >= 4 is 11.9 Å². The van der Waals surface area contributed by atoms with Gasteiger partial charge in [-0.3, -0.25) is 4.79 Å². The van der Waals surface area contributed by atoms with E-state index in [4.69, 9.17) is 9.47 Å². The fourth-order valence-corrected chi connectivity index (χ4v) is 1.82. The molecule has 0 bridgehead atoms. The second kappa shape index (κ2) is 9.10. The molecule has 0 aliphatic heterocycles. The molecule has 1 atom stereocenters. The Kier molecular flexibility index (Phi) is 7.42. The Labute approximate surface area is 124 Å². The van der Waals surface area contributed by atoms with Crippen LogP contribution >= 0.6 is 0 Å². The van der Waals surface area contributed by atoms with Gasteiger partial charge in [-0.1, -0.05) is 30.3 Å². The van der Waals surface area contributed by atoms with Crippen molar-refractivity contribution in [3.8, 4) is 0 Å². The van der Waals surface area contributed by atoms with Crippen molar-refractivity contribution < 1.29 is 24.2 Å². The summed E-state index contributed by atoms with van der Waals surface area (Å²) in [5.74, 6) is -1.58. The predicted octanol–water partition coefficient (Wildman–Crippen LogP) is 1.20. The molecule has 0 aliphatic rings. The molecule has 1 rings (SSSR count). The van der Waals surface area contributed by atoms with Crippen LogP contribution in [0.15, 0.2) is 30.3 Å². The van der Waals surface area contributed by atoms with Crippen molar-refractivity contribution in [1.29, 1.82) is 0 Å². The monoisotopic (exact) mass is 295 g/mol. The lowest BCUT2D eigenvalue weighted by Crippen LogP contribution is -2.51. The van der Waals surface area contributed by atoms with Crippen molar-refractivity contribution in [2.45, 2.75) is 32.6 Å². The molecule has 1 aromatic rings. The molecule has 116 valence electrons. The second-order valence-electron chi connectivity index (χ2n) is 4.32. The zero-order chi connectivity index (χ0) is 15.7. The van der Waals surface area contributed by atoms with E-state index in [9.17, 15) is 14.7 Å². The van der Waals surface area contributed by atoms with Crippen molar-refractivity contribution in [2.24, 2.45) is 0 Å². The minimum Gasteiger partial charge on any atom is -0.480 e. The first kappa shape index (κ1) is 17.1. The van der Waals surface area contributed by atoms with Crippen LogP contribution in [0.2, 0.25) is 0 Å². The van der Waals surface area contributed by atoms with Gasteiger partial charge in [-0.25, -0.2) is 4.79 Å². The summed E-state index contributed by atoms with van der Waals surface area (Å²) in [6, 6.07) is 7.86. The van der Waals surface area contributed by atoms with Crippen LogP contribution in [-0.4, -0.2) is 42.5 Å². The summed E-state index contributed by atoms with van der Waals surface area (Å²) in [6.07, 6.45) is -0.896. The van der Waals surface area contributed by atoms with E-state index < -0.39 is 24.2 Å². The standard InChI is InChI=1S/C15H21NO5/c1-3-20-15(21-4-2)13(14(18)19)16-12(17)10-11-8-6-5-7-9-11/h5-9,13,15H,3-4,10H2,1-2H3,(H,16,17)(H,18,19). The van der Waals surface area contributed by atoms with Gasteiger partial charge in [0.05, 0.1) is 6.42 Å². The predicted molar refractivity (Wildman–Crippen MR) is 76.8 cm³/mol. The van der Waals surface area contributed by atoms with Crippen LogP contribution in [0.5, 0.6) is 0 Å². The topological polar surface area (TPSA) is 84.9 Å². The average Bonchev–Trinajstić information content (AvgIpc) is 2.45. The number of carboxylic acids is 1. The molecule has 1 amide bonds. The lowest BCUT2D eigenvalue weighted by atomic mass is 10.1. The maximum absolute atomic E-state index is 12.0. The Hall–Kier alpha value is -1.92. The van der Waals surface area contributed by atoms with E-state index >= 15 is 0 Å². The Morgan fingerprint density at radius 3 is 2.19 bits per heavy atom. The molecular weight excluding hydrogens is 274 g/mol. The van der Waals surface area contributed by atoms with Crippen molar-refractivity contribution in [2.75, 3.05) is 13.2 Å². The first-order valence-electron chi connectivity index (χ1n) is 6.87. The van der Waals surface area contributed by atoms with Gasteiger partial charge in [0.25, 0.3) is 0 Å². The highest BCUT2D eigenvalue weighted by Crippen LogP contribution is 2.05. The Bertz CT molecular complexity index is 443. The van der Waals surface area contributed by atoms with Gasteiger partial charge in [-0.2, -0.15) is 0 Å². The molecule has 0 aliphatic carbocycles. The zero-order valence-corrected chi connectivity index (χ0v) is 12.2. The lowest BCUT2D eigenvalue weighted by Gasteiger charge is -2.24. The molecule has 2 N–H and O–H groups in total. The molecule has 0 radical (unpaired) electrons. The number of hydrogen-bond acceptors (Lipinski definition) is 4. The van der Waals surface area contributed by atoms with Crippen LogP contribution in [0.3, 0.4) is 0 Å². The highest BCUT2D eigenvalue weighted by Gasteiger charge is 2.30.